The maximum Gasteiger partial charge on any atom is 0.197 e. The minimum absolute atomic E-state index is 0.0364. The second kappa shape index (κ2) is 6.09. The number of pyridine rings is 1. The van der Waals surface area contributed by atoms with Crippen LogP contribution < -0.4 is 10.7 Å². The molecule has 4 rings (SSSR count). The number of para-hydroxylation sites is 2. The molecular formula is C17H11Cl2N3OS. The molecule has 0 saturated heterocycles. The lowest BCUT2D eigenvalue weighted by Gasteiger charge is -2.10. The fourth-order valence-electron chi connectivity index (χ4n) is 2.68. The van der Waals surface area contributed by atoms with Gasteiger partial charge >= 0.3 is 0 Å². The summed E-state index contributed by atoms with van der Waals surface area (Å²) in [6.07, 6.45) is 1.74. The second-order valence-electron chi connectivity index (χ2n) is 5.28. The molecule has 0 aliphatic heterocycles. The van der Waals surface area contributed by atoms with E-state index in [0.29, 0.717) is 32.3 Å². The van der Waals surface area contributed by atoms with Gasteiger partial charge in [0.15, 0.2) is 9.90 Å². The van der Waals surface area contributed by atoms with Crippen LogP contribution in [0.25, 0.3) is 21.8 Å². The number of anilines is 1. The highest BCUT2D eigenvalue weighted by molar-refractivity contribution is 7.15. The van der Waals surface area contributed by atoms with Gasteiger partial charge in [0, 0.05) is 21.8 Å². The molecule has 0 aliphatic carbocycles. The summed E-state index contributed by atoms with van der Waals surface area (Å²) in [4.78, 5) is 21.1. The molecule has 0 fully saturated rings. The van der Waals surface area contributed by atoms with E-state index in [1.165, 1.54) is 11.3 Å². The number of thiazole rings is 1. The van der Waals surface area contributed by atoms with Gasteiger partial charge in [0.05, 0.1) is 28.3 Å². The van der Waals surface area contributed by atoms with E-state index in [0.717, 1.165) is 16.1 Å². The van der Waals surface area contributed by atoms with Gasteiger partial charge < -0.3 is 10.3 Å². The van der Waals surface area contributed by atoms with E-state index in [1.807, 2.05) is 18.2 Å². The zero-order valence-electron chi connectivity index (χ0n) is 12.3. The van der Waals surface area contributed by atoms with Crippen LogP contribution in [0.4, 0.5) is 5.69 Å². The summed E-state index contributed by atoms with van der Waals surface area (Å²) < 4.78 is 0.510. The Kier molecular flexibility index (Phi) is 3.92. The standard InChI is InChI=1S/C17H11Cl2N3OS/c18-12-5-1-3-10-14(12)22-15-11(16(10)23)4-2-6-13(15)20-7-9-8-21-17(19)24-9/h1-6,8,20H,7H2,(H,22,23). The number of nitrogens with one attached hydrogen (secondary N) is 2. The number of hydrogen-bond donors (Lipinski definition) is 2. The lowest BCUT2D eigenvalue weighted by molar-refractivity contribution is 1.18. The number of fused-ring (bicyclic) bond motifs is 2. The predicted molar refractivity (Wildman–Crippen MR) is 102 cm³/mol. The van der Waals surface area contributed by atoms with E-state index in [1.54, 1.807) is 24.4 Å². The van der Waals surface area contributed by atoms with Gasteiger partial charge in [-0.3, -0.25) is 4.79 Å². The number of aromatic amines is 1. The molecule has 2 heterocycles. The first-order valence-electron chi connectivity index (χ1n) is 7.21. The van der Waals surface area contributed by atoms with E-state index >= 15 is 0 Å². The fraction of sp³-hybridized carbons (Fsp3) is 0.0588. The monoisotopic (exact) mass is 375 g/mol. The van der Waals surface area contributed by atoms with Crippen molar-refractivity contribution in [2.24, 2.45) is 0 Å². The van der Waals surface area contributed by atoms with Crippen LogP contribution in [0.2, 0.25) is 9.49 Å². The van der Waals surface area contributed by atoms with Crippen LogP contribution in [0.15, 0.2) is 47.4 Å². The normalized spacial score (nSPS) is 11.2. The highest BCUT2D eigenvalue weighted by Gasteiger charge is 2.10. The van der Waals surface area contributed by atoms with Crippen molar-refractivity contribution in [2.75, 3.05) is 5.32 Å². The van der Waals surface area contributed by atoms with E-state index in [-0.39, 0.29) is 5.43 Å². The van der Waals surface area contributed by atoms with E-state index in [2.05, 4.69) is 15.3 Å². The number of benzene rings is 2. The van der Waals surface area contributed by atoms with Gasteiger partial charge in [0.2, 0.25) is 0 Å². The first kappa shape index (κ1) is 15.4. The molecule has 120 valence electrons. The third-order valence-electron chi connectivity index (χ3n) is 3.80. The molecule has 24 heavy (non-hydrogen) atoms. The van der Waals surface area contributed by atoms with Crippen LogP contribution in [-0.2, 0) is 6.54 Å². The molecule has 0 bridgehead atoms. The number of nitrogens with zero attached hydrogens (tertiary/aromatic N) is 1. The maximum atomic E-state index is 12.7. The molecular weight excluding hydrogens is 365 g/mol. The molecule has 4 nitrogen and oxygen atoms in total. The van der Waals surface area contributed by atoms with Crippen LogP contribution in [0.5, 0.6) is 0 Å². The van der Waals surface area contributed by atoms with Gasteiger partial charge in [-0.05, 0) is 24.3 Å². The molecule has 0 saturated carbocycles. The summed E-state index contributed by atoms with van der Waals surface area (Å²) in [7, 11) is 0. The molecule has 0 atom stereocenters. The van der Waals surface area contributed by atoms with Gasteiger partial charge in [-0.1, -0.05) is 35.3 Å². The molecule has 0 spiro atoms. The fourth-order valence-corrected chi connectivity index (χ4v) is 3.82. The summed E-state index contributed by atoms with van der Waals surface area (Å²) in [5.74, 6) is 0. The van der Waals surface area contributed by atoms with Crippen molar-refractivity contribution in [1.82, 2.24) is 9.97 Å². The summed E-state index contributed by atoms with van der Waals surface area (Å²) in [6.45, 7) is 0.575. The second-order valence-corrected chi connectivity index (χ2v) is 7.38. The molecule has 2 aromatic heterocycles. The Morgan fingerprint density at radius 3 is 2.58 bits per heavy atom. The number of aromatic nitrogens is 2. The third kappa shape index (κ3) is 2.65. The van der Waals surface area contributed by atoms with Crippen LogP contribution in [-0.4, -0.2) is 9.97 Å². The van der Waals surface area contributed by atoms with Crippen LogP contribution in [0, 0.1) is 0 Å². The zero-order chi connectivity index (χ0) is 16.7. The molecule has 2 aromatic carbocycles. The highest BCUT2D eigenvalue weighted by atomic mass is 35.5. The molecule has 0 aliphatic rings. The Labute approximate surface area is 151 Å². The molecule has 7 heteroatoms. The average Bonchev–Trinajstić information content (AvgIpc) is 3.00. The lowest BCUT2D eigenvalue weighted by atomic mass is 10.1. The average molecular weight is 376 g/mol. The maximum absolute atomic E-state index is 12.7. The summed E-state index contributed by atoms with van der Waals surface area (Å²) >= 11 is 13.5. The van der Waals surface area contributed by atoms with Gasteiger partial charge in [0.1, 0.15) is 0 Å². The predicted octanol–water partition coefficient (Wildman–Crippen LogP) is 5.06. The van der Waals surface area contributed by atoms with Crippen molar-refractivity contribution in [3.8, 4) is 0 Å². The van der Waals surface area contributed by atoms with Crippen LogP contribution in [0.1, 0.15) is 4.88 Å². The van der Waals surface area contributed by atoms with Crippen molar-refractivity contribution in [3.63, 3.8) is 0 Å². The third-order valence-corrected chi connectivity index (χ3v) is 5.23. The topological polar surface area (TPSA) is 57.8 Å². The van der Waals surface area contributed by atoms with Crippen molar-refractivity contribution in [2.45, 2.75) is 6.54 Å². The Hall–Kier alpha value is -2.08. The number of rotatable bonds is 3. The van der Waals surface area contributed by atoms with Crippen LogP contribution in [0.3, 0.4) is 0 Å². The lowest BCUT2D eigenvalue weighted by Crippen LogP contribution is -2.07. The molecule has 0 unspecified atom stereocenters. The van der Waals surface area contributed by atoms with Gasteiger partial charge in [-0.25, -0.2) is 4.98 Å². The molecule has 2 N–H and O–H groups in total. The van der Waals surface area contributed by atoms with E-state index in [4.69, 9.17) is 23.2 Å². The Morgan fingerprint density at radius 1 is 1.08 bits per heavy atom. The van der Waals surface area contributed by atoms with Crippen molar-refractivity contribution in [1.29, 1.82) is 0 Å². The summed E-state index contributed by atoms with van der Waals surface area (Å²) in [5.41, 5.74) is 2.17. The van der Waals surface area contributed by atoms with Crippen LogP contribution >= 0.6 is 34.5 Å². The first-order chi connectivity index (χ1) is 11.6. The van der Waals surface area contributed by atoms with Crippen molar-refractivity contribution >= 4 is 62.0 Å². The minimum Gasteiger partial charge on any atom is -0.378 e. The van der Waals surface area contributed by atoms with E-state index < -0.39 is 0 Å². The SMILES string of the molecule is O=c1c2cccc(Cl)c2[nH]c2c(NCc3cnc(Cl)s3)cccc12. The van der Waals surface area contributed by atoms with Crippen molar-refractivity contribution in [3.05, 3.63) is 67.2 Å². The quantitative estimate of drug-likeness (QED) is 0.492. The van der Waals surface area contributed by atoms with Gasteiger partial charge in [-0.2, -0.15) is 0 Å². The molecule has 0 amide bonds. The first-order valence-corrected chi connectivity index (χ1v) is 8.78. The Balaban J connectivity index is 1.85. The largest absolute Gasteiger partial charge is 0.378 e. The van der Waals surface area contributed by atoms with Gasteiger partial charge in [-0.15, -0.1) is 11.3 Å². The highest BCUT2D eigenvalue weighted by Crippen LogP contribution is 2.26. The number of hydrogen-bond acceptors (Lipinski definition) is 4. The number of halogens is 2. The van der Waals surface area contributed by atoms with Gasteiger partial charge in [0.25, 0.3) is 0 Å². The number of H-pyrrole nitrogens is 1. The Bertz CT molecular complexity index is 1120. The zero-order valence-corrected chi connectivity index (χ0v) is 14.6. The Morgan fingerprint density at radius 2 is 1.83 bits per heavy atom. The molecule has 4 aromatic rings. The summed E-state index contributed by atoms with van der Waals surface area (Å²) in [6, 6.07) is 10.9. The smallest absolute Gasteiger partial charge is 0.197 e. The van der Waals surface area contributed by atoms with Crippen molar-refractivity contribution < 1.29 is 0 Å². The molecule has 0 radical (unpaired) electrons. The summed E-state index contributed by atoms with van der Waals surface area (Å²) in [5, 5.41) is 5.06. The minimum atomic E-state index is -0.0364. The van der Waals surface area contributed by atoms with E-state index in [9.17, 15) is 4.79 Å².